The molecule has 28 heavy (non-hydrogen) atoms. The summed E-state index contributed by atoms with van der Waals surface area (Å²) < 4.78 is 0. The third-order valence-electron chi connectivity index (χ3n) is 6.24. The van der Waals surface area contributed by atoms with Crippen molar-refractivity contribution in [3.63, 3.8) is 0 Å². The van der Waals surface area contributed by atoms with Crippen LogP contribution < -0.4 is 5.32 Å². The van der Waals surface area contributed by atoms with E-state index >= 15 is 0 Å². The lowest BCUT2D eigenvalue weighted by molar-refractivity contribution is 0.0730. The van der Waals surface area contributed by atoms with E-state index in [4.69, 9.17) is 0 Å². The molecule has 144 valence electrons. The zero-order chi connectivity index (χ0) is 18.9. The summed E-state index contributed by atoms with van der Waals surface area (Å²) >= 11 is 0. The van der Waals surface area contributed by atoms with E-state index < -0.39 is 0 Å². The van der Waals surface area contributed by atoms with Crippen LogP contribution in [0.4, 0.5) is 5.69 Å². The first kappa shape index (κ1) is 17.3. The fraction of sp³-hybridized carbons (Fsp3) is 0.348. The van der Waals surface area contributed by atoms with Crippen LogP contribution >= 0.6 is 0 Å². The van der Waals surface area contributed by atoms with Gasteiger partial charge in [-0.1, -0.05) is 30.3 Å². The second kappa shape index (κ2) is 7.32. The molecule has 1 aromatic heterocycles. The maximum absolute atomic E-state index is 12.7. The first-order valence-electron chi connectivity index (χ1n) is 10.2. The van der Waals surface area contributed by atoms with Gasteiger partial charge >= 0.3 is 0 Å². The predicted molar refractivity (Wildman–Crippen MR) is 113 cm³/mol. The van der Waals surface area contributed by atoms with Crippen LogP contribution in [0, 0.1) is 0 Å². The van der Waals surface area contributed by atoms with Gasteiger partial charge in [0.25, 0.3) is 5.91 Å². The van der Waals surface area contributed by atoms with Crippen molar-refractivity contribution in [1.82, 2.24) is 14.8 Å². The molecule has 2 aromatic carbocycles. The Morgan fingerprint density at radius 1 is 0.964 bits per heavy atom. The van der Waals surface area contributed by atoms with Crippen LogP contribution in [0.5, 0.6) is 0 Å². The molecule has 3 heterocycles. The Balaban J connectivity index is 1.17. The van der Waals surface area contributed by atoms with Crippen molar-refractivity contribution >= 4 is 22.5 Å². The van der Waals surface area contributed by atoms with Gasteiger partial charge in [-0.05, 0) is 55.6 Å². The molecule has 5 rings (SSSR count). The quantitative estimate of drug-likeness (QED) is 0.729. The Labute approximate surface area is 165 Å². The number of para-hydroxylation sites is 2. The number of amides is 1. The lowest BCUT2D eigenvalue weighted by atomic mass is 9.89. The van der Waals surface area contributed by atoms with Crippen molar-refractivity contribution in [3.05, 3.63) is 65.9 Å². The third kappa shape index (κ3) is 3.16. The topological polar surface area (TPSA) is 51.4 Å². The molecule has 0 atom stereocenters. The smallest absolute Gasteiger partial charge is 0.257 e. The molecular formula is C23H26N4O. The Kier molecular flexibility index (Phi) is 4.53. The lowest BCUT2D eigenvalue weighted by Gasteiger charge is -2.35. The molecular weight excluding hydrogens is 348 g/mol. The van der Waals surface area contributed by atoms with E-state index in [0.717, 1.165) is 37.4 Å². The van der Waals surface area contributed by atoms with Crippen molar-refractivity contribution in [2.45, 2.75) is 18.8 Å². The van der Waals surface area contributed by atoms with Crippen LogP contribution in [0.1, 0.15) is 34.7 Å². The van der Waals surface area contributed by atoms with Crippen LogP contribution in [-0.4, -0.2) is 53.5 Å². The zero-order valence-electron chi connectivity index (χ0n) is 16.0. The van der Waals surface area contributed by atoms with Crippen LogP contribution in [0.3, 0.4) is 0 Å². The highest BCUT2D eigenvalue weighted by atomic mass is 16.2. The van der Waals surface area contributed by atoms with E-state index in [2.05, 4.69) is 45.7 Å². The number of fused-ring (bicyclic) bond motifs is 2. The number of piperidine rings is 1. The van der Waals surface area contributed by atoms with Crippen molar-refractivity contribution in [2.75, 3.05) is 38.2 Å². The summed E-state index contributed by atoms with van der Waals surface area (Å²) in [6.45, 7) is 4.50. The van der Waals surface area contributed by atoms with Gasteiger partial charge in [0.1, 0.15) is 0 Å². The van der Waals surface area contributed by atoms with Crippen molar-refractivity contribution < 1.29 is 4.79 Å². The van der Waals surface area contributed by atoms with E-state index in [9.17, 15) is 4.79 Å². The molecule has 5 heteroatoms. The molecule has 1 fully saturated rings. The molecule has 1 amide bonds. The fourth-order valence-corrected chi connectivity index (χ4v) is 4.59. The van der Waals surface area contributed by atoms with Crippen LogP contribution in [-0.2, 0) is 0 Å². The first-order valence-corrected chi connectivity index (χ1v) is 10.2. The number of benzene rings is 2. The summed E-state index contributed by atoms with van der Waals surface area (Å²) in [5.41, 5.74) is 4.42. The van der Waals surface area contributed by atoms with E-state index in [-0.39, 0.29) is 5.91 Å². The number of nitrogens with one attached hydrogen (secondary N) is 2. The van der Waals surface area contributed by atoms with Crippen molar-refractivity contribution in [2.24, 2.45) is 0 Å². The second-order valence-corrected chi connectivity index (χ2v) is 7.85. The zero-order valence-corrected chi connectivity index (χ0v) is 16.0. The predicted octanol–water partition coefficient (Wildman–Crippen LogP) is 3.87. The number of nitrogens with zero attached hydrogens (tertiary/aromatic N) is 2. The van der Waals surface area contributed by atoms with Gasteiger partial charge < -0.3 is 20.1 Å². The molecule has 1 saturated heterocycles. The molecule has 2 N–H and O–H groups in total. The fourth-order valence-electron chi connectivity index (χ4n) is 4.59. The number of aromatic nitrogens is 1. The summed E-state index contributed by atoms with van der Waals surface area (Å²) in [5, 5.41) is 4.72. The third-order valence-corrected chi connectivity index (χ3v) is 6.24. The number of aromatic amines is 1. The second-order valence-electron chi connectivity index (χ2n) is 7.85. The Hall–Kier alpha value is -2.79. The summed E-state index contributed by atoms with van der Waals surface area (Å²) in [6.07, 6.45) is 4.55. The van der Waals surface area contributed by atoms with Gasteiger partial charge in [-0.2, -0.15) is 0 Å². The van der Waals surface area contributed by atoms with Gasteiger partial charge in [0.2, 0.25) is 0 Å². The highest BCUT2D eigenvalue weighted by Crippen LogP contribution is 2.33. The van der Waals surface area contributed by atoms with Gasteiger partial charge in [0.15, 0.2) is 0 Å². The molecule has 0 saturated carbocycles. The largest absolute Gasteiger partial charge is 0.367 e. The highest BCUT2D eigenvalue weighted by molar-refractivity contribution is 6.01. The van der Waals surface area contributed by atoms with E-state index in [0.29, 0.717) is 12.6 Å². The normalized spacial score (nSPS) is 18.3. The summed E-state index contributed by atoms with van der Waals surface area (Å²) in [6, 6.07) is 16.3. The molecule has 3 aromatic rings. The Morgan fingerprint density at radius 3 is 2.64 bits per heavy atom. The van der Waals surface area contributed by atoms with E-state index in [1.807, 2.05) is 29.2 Å². The average Bonchev–Trinajstić information content (AvgIpc) is 3.18. The van der Waals surface area contributed by atoms with Gasteiger partial charge in [-0.25, -0.2) is 0 Å². The summed E-state index contributed by atoms with van der Waals surface area (Å²) in [4.78, 5) is 20.5. The number of anilines is 1. The van der Waals surface area contributed by atoms with Gasteiger partial charge in [-0.3, -0.25) is 4.79 Å². The van der Waals surface area contributed by atoms with E-state index in [1.165, 1.54) is 29.3 Å². The maximum atomic E-state index is 12.7. The minimum absolute atomic E-state index is 0.142. The summed E-state index contributed by atoms with van der Waals surface area (Å²) in [5.74, 6) is 0.764. The van der Waals surface area contributed by atoms with Gasteiger partial charge in [0, 0.05) is 35.9 Å². The molecule has 0 radical (unpaired) electrons. The minimum atomic E-state index is 0.142. The van der Waals surface area contributed by atoms with Gasteiger partial charge in [-0.15, -0.1) is 0 Å². The van der Waals surface area contributed by atoms with Gasteiger partial charge in [0.05, 0.1) is 12.2 Å². The highest BCUT2D eigenvalue weighted by Gasteiger charge is 2.26. The lowest BCUT2D eigenvalue weighted by Crippen LogP contribution is -2.45. The Morgan fingerprint density at radius 2 is 1.75 bits per heavy atom. The molecule has 0 spiro atoms. The molecule has 5 nitrogen and oxygen atoms in total. The average molecular weight is 374 g/mol. The number of H-pyrrole nitrogens is 1. The Bertz CT molecular complexity index is 987. The van der Waals surface area contributed by atoms with E-state index in [1.54, 1.807) is 0 Å². The number of carbonyl (C=O) groups is 1. The molecule has 2 aliphatic rings. The van der Waals surface area contributed by atoms with Crippen molar-refractivity contribution in [1.29, 1.82) is 0 Å². The minimum Gasteiger partial charge on any atom is -0.367 e. The molecule has 0 bridgehead atoms. The number of hydrogen-bond acceptors (Lipinski definition) is 3. The molecule has 0 unspecified atom stereocenters. The standard InChI is InChI=1S/C23H26N4O/c28-23-19-6-2-4-8-22(19)25-16-27(23)14-13-26-11-9-17(10-12-26)20-15-24-21-7-3-1-5-18(20)21/h1-8,15,17,24-25H,9-14,16H2. The van der Waals surface area contributed by atoms with Crippen LogP contribution in [0.25, 0.3) is 10.9 Å². The number of hydrogen-bond donors (Lipinski definition) is 2. The molecule has 2 aliphatic heterocycles. The monoisotopic (exact) mass is 374 g/mol. The number of carbonyl (C=O) groups excluding carboxylic acids is 1. The first-order chi connectivity index (χ1) is 13.8. The summed E-state index contributed by atoms with van der Waals surface area (Å²) in [7, 11) is 0. The van der Waals surface area contributed by atoms with Crippen molar-refractivity contribution in [3.8, 4) is 0 Å². The number of likely N-dealkylation sites (tertiary alicyclic amines) is 1. The van der Waals surface area contributed by atoms with Crippen LogP contribution in [0.15, 0.2) is 54.7 Å². The SMILES string of the molecule is O=C1c2ccccc2NCN1CCN1CCC(c2c[nH]c3ccccc23)CC1. The number of rotatable bonds is 4. The maximum Gasteiger partial charge on any atom is 0.257 e. The molecule has 0 aliphatic carbocycles. The van der Waals surface area contributed by atoms with Crippen LogP contribution in [0.2, 0.25) is 0 Å².